The molecule has 0 aliphatic carbocycles. The van der Waals surface area contributed by atoms with E-state index < -0.39 is 0 Å². The van der Waals surface area contributed by atoms with Crippen LogP contribution in [0.4, 0.5) is 0 Å². The van der Waals surface area contributed by atoms with Gasteiger partial charge in [-0.2, -0.15) is 24.6 Å². The third kappa shape index (κ3) is 4.20. The van der Waals surface area contributed by atoms with Gasteiger partial charge in [-0.3, -0.25) is 0 Å². The van der Waals surface area contributed by atoms with Gasteiger partial charge in [0.15, 0.2) is 0 Å². The predicted octanol–water partition coefficient (Wildman–Crippen LogP) is 2.56. The fourth-order valence-electron chi connectivity index (χ4n) is 0.626. The molecule has 0 unspecified atom stereocenters. The van der Waals surface area contributed by atoms with E-state index in [1.54, 1.807) is 7.11 Å². The SMILES string of the molecule is [CH2-]c1ccc(OC)cc1.[Cl][Mn+]. The van der Waals surface area contributed by atoms with Crippen LogP contribution < -0.4 is 4.74 Å². The number of hydrogen-bond donors (Lipinski definition) is 0. The summed E-state index contributed by atoms with van der Waals surface area (Å²) in [6.45, 7) is 3.74. The van der Waals surface area contributed by atoms with Crippen LogP contribution in [-0.2, 0) is 15.1 Å². The van der Waals surface area contributed by atoms with Crippen LogP contribution in [0.25, 0.3) is 0 Å². The summed E-state index contributed by atoms with van der Waals surface area (Å²) in [5.74, 6) is 0.877. The quantitative estimate of drug-likeness (QED) is 0.512. The Kier molecular flexibility index (Phi) is 6.24. The second kappa shape index (κ2) is 6.41. The third-order valence-electron chi connectivity index (χ3n) is 1.16. The zero-order valence-corrected chi connectivity index (χ0v) is 8.12. The topological polar surface area (TPSA) is 9.23 Å². The molecule has 11 heavy (non-hydrogen) atoms. The third-order valence-corrected chi connectivity index (χ3v) is 1.16. The molecule has 1 aromatic rings. The van der Waals surface area contributed by atoms with Crippen LogP contribution in [-0.4, -0.2) is 7.11 Å². The molecule has 0 amide bonds. The summed E-state index contributed by atoms with van der Waals surface area (Å²) in [5, 5.41) is 0. The molecule has 0 bridgehead atoms. The Bertz CT molecular complexity index is 186. The fourth-order valence-corrected chi connectivity index (χ4v) is 0.626. The summed E-state index contributed by atoms with van der Waals surface area (Å²) in [5.41, 5.74) is 1.01. The molecule has 0 atom stereocenters. The zero-order valence-electron chi connectivity index (χ0n) is 6.18. The van der Waals surface area contributed by atoms with Crippen molar-refractivity contribution in [2.24, 2.45) is 0 Å². The van der Waals surface area contributed by atoms with E-state index in [1.165, 1.54) is 0 Å². The van der Waals surface area contributed by atoms with E-state index in [4.69, 9.17) is 4.74 Å². The average Bonchev–Trinajstić information content (AvgIpc) is 2.10. The Morgan fingerprint density at radius 3 is 2.09 bits per heavy atom. The number of benzene rings is 1. The van der Waals surface area contributed by atoms with Gasteiger partial charge in [-0.05, 0) is 0 Å². The molecule has 0 saturated heterocycles. The van der Waals surface area contributed by atoms with Crippen LogP contribution >= 0.6 is 10.1 Å². The summed E-state index contributed by atoms with van der Waals surface area (Å²) in [6.07, 6.45) is 0. The molecule has 0 radical (unpaired) electrons. The Morgan fingerprint density at radius 1 is 1.27 bits per heavy atom. The first-order valence-electron chi connectivity index (χ1n) is 2.93. The average molecular weight is 212 g/mol. The number of ether oxygens (including phenoxy) is 1. The fraction of sp³-hybridized carbons (Fsp3) is 0.125. The van der Waals surface area contributed by atoms with Gasteiger partial charge < -0.3 is 4.74 Å². The number of methoxy groups -OCH3 is 1. The van der Waals surface area contributed by atoms with Crippen molar-refractivity contribution in [3.05, 3.63) is 36.8 Å². The second-order valence-corrected chi connectivity index (χ2v) is 1.85. The molecule has 61 valence electrons. The number of hydrogen-bond acceptors (Lipinski definition) is 1. The van der Waals surface area contributed by atoms with E-state index in [9.17, 15) is 0 Å². The molecule has 0 N–H and O–H groups in total. The molecule has 0 aliphatic rings. The van der Waals surface area contributed by atoms with Gasteiger partial charge in [0.05, 0.1) is 12.9 Å². The monoisotopic (exact) mass is 211 g/mol. The number of rotatable bonds is 1. The standard InChI is InChI=1S/C8H9O.ClH.Mn/c1-7-3-5-8(9-2)6-4-7;;/h3-6H,1H2,2H3;1H;/q-1;;+2/p-1. The van der Waals surface area contributed by atoms with E-state index in [2.05, 4.69) is 32.1 Å². The van der Waals surface area contributed by atoms with Crippen molar-refractivity contribution in [1.82, 2.24) is 0 Å². The maximum absolute atomic E-state index is 4.94. The summed E-state index contributed by atoms with van der Waals surface area (Å²) in [4.78, 5) is 0. The minimum atomic E-state index is 0.877. The minimum absolute atomic E-state index is 0.877. The van der Waals surface area contributed by atoms with Gasteiger partial charge in [0.2, 0.25) is 0 Å². The van der Waals surface area contributed by atoms with Crippen LogP contribution in [0.5, 0.6) is 5.75 Å². The first kappa shape index (κ1) is 10.7. The molecular weight excluding hydrogens is 202 g/mol. The summed E-state index contributed by atoms with van der Waals surface area (Å²) >= 11 is 2.41. The first-order valence-corrected chi connectivity index (χ1v) is 4.55. The van der Waals surface area contributed by atoms with Crippen molar-refractivity contribution in [2.45, 2.75) is 0 Å². The van der Waals surface area contributed by atoms with Crippen molar-refractivity contribution >= 4 is 10.1 Å². The molecular formula is C8H9ClMnO. The molecule has 1 rings (SSSR count). The first-order chi connectivity index (χ1) is 5.33. The van der Waals surface area contributed by atoms with Crippen LogP contribution in [0.2, 0.25) is 0 Å². The summed E-state index contributed by atoms with van der Waals surface area (Å²) in [6, 6.07) is 7.61. The molecule has 0 aliphatic heterocycles. The maximum atomic E-state index is 4.94. The Morgan fingerprint density at radius 2 is 1.73 bits per heavy atom. The molecule has 0 heterocycles. The number of halogens is 1. The Labute approximate surface area is 79.7 Å². The molecule has 0 saturated carbocycles. The van der Waals surface area contributed by atoms with Crippen molar-refractivity contribution in [3.63, 3.8) is 0 Å². The molecule has 0 fully saturated rings. The van der Waals surface area contributed by atoms with Gasteiger partial charge in [-0.25, -0.2) is 0 Å². The van der Waals surface area contributed by atoms with Crippen LogP contribution in [0, 0.1) is 6.92 Å². The Hall–Kier alpha value is -0.301. The van der Waals surface area contributed by atoms with Gasteiger partial charge in [0.1, 0.15) is 0 Å². The van der Waals surface area contributed by atoms with Crippen molar-refractivity contribution in [3.8, 4) is 5.75 Å². The van der Waals surface area contributed by atoms with E-state index in [0.717, 1.165) is 11.3 Å². The Balaban J connectivity index is 0.000000461. The van der Waals surface area contributed by atoms with Crippen molar-refractivity contribution in [1.29, 1.82) is 0 Å². The van der Waals surface area contributed by atoms with E-state index in [-0.39, 0.29) is 0 Å². The molecule has 1 nitrogen and oxygen atoms in total. The molecule has 0 aromatic heterocycles. The molecule has 0 spiro atoms. The van der Waals surface area contributed by atoms with E-state index in [1.807, 2.05) is 24.3 Å². The molecule has 1 aromatic carbocycles. The zero-order chi connectivity index (χ0) is 8.69. The predicted molar refractivity (Wildman–Crippen MR) is 43.3 cm³/mol. The van der Waals surface area contributed by atoms with Crippen molar-refractivity contribution < 1.29 is 19.8 Å². The summed E-state index contributed by atoms with van der Waals surface area (Å²) < 4.78 is 4.94. The van der Waals surface area contributed by atoms with Gasteiger partial charge >= 0.3 is 25.2 Å². The van der Waals surface area contributed by atoms with E-state index >= 15 is 0 Å². The van der Waals surface area contributed by atoms with Crippen LogP contribution in [0.15, 0.2) is 24.3 Å². The van der Waals surface area contributed by atoms with Gasteiger partial charge in [-0.15, -0.1) is 0 Å². The van der Waals surface area contributed by atoms with Gasteiger partial charge in [-0.1, -0.05) is 12.1 Å². The van der Waals surface area contributed by atoms with E-state index in [0.29, 0.717) is 0 Å². The molecule has 3 heteroatoms. The van der Waals surface area contributed by atoms with Gasteiger partial charge in [0, 0.05) is 0 Å². The van der Waals surface area contributed by atoms with Crippen LogP contribution in [0.1, 0.15) is 5.56 Å². The normalized spacial score (nSPS) is 7.82. The van der Waals surface area contributed by atoms with Gasteiger partial charge in [0.25, 0.3) is 0 Å². The van der Waals surface area contributed by atoms with Crippen molar-refractivity contribution in [2.75, 3.05) is 7.11 Å². The summed E-state index contributed by atoms with van der Waals surface area (Å²) in [7, 11) is 6.10. The second-order valence-electron chi connectivity index (χ2n) is 1.85. The van der Waals surface area contributed by atoms with Crippen LogP contribution in [0.3, 0.4) is 0 Å².